The van der Waals surface area contributed by atoms with E-state index in [4.69, 9.17) is 15.2 Å². The van der Waals surface area contributed by atoms with E-state index in [1.54, 1.807) is 10.8 Å². The molecule has 1 aliphatic rings. The molecule has 23 heavy (non-hydrogen) atoms. The second-order valence-corrected chi connectivity index (χ2v) is 5.04. The molecule has 1 aromatic heterocycles. The molecule has 1 aromatic carbocycles. The van der Waals surface area contributed by atoms with Crippen LogP contribution in [0.5, 0.6) is 11.8 Å². The zero-order valence-corrected chi connectivity index (χ0v) is 11.9. The van der Waals surface area contributed by atoms with Crippen molar-refractivity contribution in [2.45, 2.75) is 25.6 Å². The minimum atomic E-state index is -4.69. The molecule has 1 atom stereocenters. The number of ether oxygens (including phenoxy) is 3. The summed E-state index contributed by atoms with van der Waals surface area (Å²) < 4.78 is 52.9. The Morgan fingerprint density at radius 2 is 2.04 bits per heavy atom. The Balaban J connectivity index is 1.53. The van der Waals surface area contributed by atoms with Gasteiger partial charge in [-0.25, -0.2) is 0 Å². The average Bonchev–Trinajstić information content (AvgIpc) is 2.84. The van der Waals surface area contributed by atoms with Gasteiger partial charge in [0.05, 0.1) is 19.3 Å². The Kier molecular flexibility index (Phi) is 4.03. The highest BCUT2D eigenvalue weighted by molar-refractivity contribution is 5.29. The third-order valence-electron chi connectivity index (χ3n) is 3.20. The van der Waals surface area contributed by atoms with Crippen LogP contribution in [0.1, 0.15) is 5.56 Å². The van der Waals surface area contributed by atoms with Gasteiger partial charge in [-0.3, -0.25) is 4.57 Å². The summed E-state index contributed by atoms with van der Waals surface area (Å²) in [6.45, 7) is 1.14. The average molecular weight is 329 g/mol. The SMILES string of the molecule is Nc1cn2c(n1)OCC(OCc1ccc(OC(F)(F)F)cc1)C2. The summed E-state index contributed by atoms with van der Waals surface area (Å²) in [7, 11) is 0. The van der Waals surface area contributed by atoms with Gasteiger partial charge >= 0.3 is 6.36 Å². The van der Waals surface area contributed by atoms with Gasteiger partial charge in [-0.05, 0) is 17.7 Å². The highest BCUT2D eigenvalue weighted by atomic mass is 19.4. The van der Waals surface area contributed by atoms with Gasteiger partial charge in [-0.15, -0.1) is 13.2 Å². The molecular weight excluding hydrogens is 315 g/mol. The molecule has 0 fully saturated rings. The molecule has 124 valence electrons. The van der Waals surface area contributed by atoms with E-state index in [2.05, 4.69) is 9.72 Å². The number of fused-ring (bicyclic) bond motifs is 1. The number of hydrogen-bond acceptors (Lipinski definition) is 5. The number of nitrogens with zero attached hydrogens (tertiary/aromatic N) is 2. The van der Waals surface area contributed by atoms with Gasteiger partial charge in [0.25, 0.3) is 6.01 Å². The first-order valence-corrected chi connectivity index (χ1v) is 6.81. The second-order valence-electron chi connectivity index (χ2n) is 5.04. The van der Waals surface area contributed by atoms with Crippen molar-refractivity contribution in [2.75, 3.05) is 12.3 Å². The number of nitrogen functional groups attached to an aromatic ring is 1. The molecule has 0 amide bonds. The lowest BCUT2D eigenvalue weighted by atomic mass is 10.2. The molecule has 0 saturated carbocycles. The van der Waals surface area contributed by atoms with E-state index in [-0.39, 0.29) is 18.5 Å². The van der Waals surface area contributed by atoms with E-state index in [1.807, 2.05) is 0 Å². The van der Waals surface area contributed by atoms with Crippen LogP contribution in [0.2, 0.25) is 0 Å². The van der Waals surface area contributed by atoms with Crippen LogP contribution in [0.3, 0.4) is 0 Å². The summed E-state index contributed by atoms with van der Waals surface area (Å²) in [5.74, 6) is 0.113. The van der Waals surface area contributed by atoms with Gasteiger partial charge in [-0.1, -0.05) is 12.1 Å². The highest BCUT2D eigenvalue weighted by Crippen LogP contribution is 2.24. The van der Waals surface area contributed by atoms with Crippen molar-refractivity contribution >= 4 is 5.82 Å². The van der Waals surface area contributed by atoms with Crippen molar-refractivity contribution < 1.29 is 27.4 Å². The molecule has 0 saturated heterocycles. The molecule has 9 heteroatoms. The molecule has 1 unspecified atom stereocenters. The first-order valence-electron chi connectivity index (χ1n) is 6.81. The lowest BCUT2D eigenvalue weighted by Gasteiger charge is -2.24. The summed E-state index contributed by atoms with van der Waals surface area (Å²) in [5.41, 5.74) is 6.31. The molecule has 3 rings (SSSR count). The first kappa shape index (κ1) is 15.5. The Labute approximate surface area is 129 Å². The molecule has 2 N–H and O–H groups in total. The number of imidazole rings is 1. The predicted molar refractivity (Wildman–Crippen MR) is 73.8 cm³/mol. The summed E-state index contributed by atoms with van der Waals surface area (Å²) in [6.07, 6.45) is -3.22. The Morgan fingerprint density at radius 1 is 1.30 bits per heavy atom. The highest BCUT2D eigenvalue weighted by Gasteiger charge is 2.31. The van der Waals surface area contributed by atoms with Crippen molar-refractivity contribution in [1.29, 1.82) is 0 Å². The monoisotopic (exact) mass is 329 g/mol. The third kappa shape index (κ3) is 4.07. The van der Waals surface area contributed by atoms with Crippen LogP contribution < -0.4 is 15.2 Å². The van der Waals surface area contributed by atoms with Crippen molar-refractivity contribution in [3.8, 4) is 11.8 Å². The number of aromatic nitrogens is 2. The number of benzene rings is 1. The van der Waals surface area contributed by atoms with Gasteiger partial charge in [0.15, 0.2) is 0 Å². The zero-order chi connectivity index (χ0) is 16.4. The lowest BCUT2D eigenvalue weighted by Crippen LogP contribution is -2.32. The molecule has 0 aliphatic carbocycles. The quantitative estimate of drug-likeness (QED) is 0.932. The summed E-state index contributed by atoms with van der Waals surface area (Å²) in [6, 6.07) is 5.99. The van der Waals surface area contributed by atoms with Crippen LogP contribution in [0.4, 0.5) is 19.0 Å². The largest absolute Gasteiger partial charge is 0.573 e. The van der Waals surface area contributed by atoms with Gasteiger partial charge in [0, 0.05) is 0 Å². The number of hydrogen-bond donors (Lipinski definition) is 1. The van der Waals surface area contributed by atoms with Crippen LogP contribution in [-0.4, -0.2) is 28.6 Å². The Hall–Kier alpha value is -2.42. The minimum absolute atomic E-state index is 0.192. The fourth-order valence-electron chi connectivity index (χ4n) is 2.21. The van der Waals surface area contributed by atoms with E-state index < -0.39 is 6.36 Å². The van der Waals surface area contributed by atoms with E-state index in [0.717, 1.165) is 5.56 Å². The minimum Gasteiger partial charge on any atom is -0.462 e. The molecular formula is C14H14F3N3O3. The van der Waals surface area contributed by atoms with Gasteiger partial charge < -0.3 is 19.9 Å². The van der Waals surface area contributed by atoms with E-state index in [0.29, 0.717) is 25.0 Å². The summed E-state index contributed by atoms with van der Waals surface area (Å²) in [4.78, 5) is 4.00. The van der Waals surface area contributed by atoms with Gasteiger partial charge in [-0.2, -0.15) is 4.98 Å². The van der Waals surface area contributed by atoms with Crippen LogP contribution >= 0.6 is 0 Å². The fourth-order valence-corrected chi connectivity index (χ4v) is 2.21. The maximum absolute atomic E-state index is 12.1. The first-order chi connectivity index (χ1) is 10.9. The molecule has 2 aromatic rings. The number of nitrogens with two attached hydrogens (primary N) is 1. The molecule has 0 radical (unpaired) electrons. The van der Waals surface area contributed by atoms with Crippen molar-refractivity contribution in [3.05, 3.63) is 36.0 Å². The Bertz CT molecular complexity index is 670. The topological polar surface area (TPSA) is 71.5 Å². The van der Waals surface area contributed by atoms with Crippen molar-refractivity contribution in [2.24, 2.45) is 0 Å². The van der Waals surface area contributed by atoms with Crippen LogP contribution in [0.25, 0.3) is 0 Å². The van der Waals surface area contributed by atoms with E-state index in [1.165, 1.54) is 24.3 Å². The zero-order valence-electron chi connectivity index (χ0n) is 11.9. The molecule has 6 nitrogen and oxygen atoms in total. The predicted octanol–water partition coefficient (Wildman–Crippen LogP) is 2.34. The maximum atomic E-state index is 12.1. The summed E-state index contributed by atoms with van der Waals surface area (Å²) >= 11 is 0. The van der Waals surface area contributed by atoms with Crippen LogP contribution in [0.15, 0.2) is 30.5 Å². The molecule has 0 bridgehead atoms. The standard InChI is InChI=1S/C14H14F3N3O3/c15-14(16,17)23-10-3-1-9(2-4-10)7-21-11-5-20-6-12(18)19-13(20)22-8-11/h1-4,6,11H,5,7-8,18H2. The molecule has 1 aliphatic heterocycles. The van der Waals surface area contributed by atoms with Crippen molar-refractivity contribution in [3.63, 3.8) is 0 Å². The van der Waals surface area contributed by atoms with E-state index >= 15 is 0 Å². The van der Waals surface area contributed by atoms with Gasteiger partial charge in [0.2, 0.25) is 0 Å². The van der Waals surface area contributed by atoms with E-state index in [9.17, 15) is 13.2 Å². The van der Waals surface area contributed by atoms with Crippen LogP contribution in [0, 0.1) is 0 Å². The maximum Gasteiger partial charge on any atom is 0.573 e. The number of halogens is 3. The lowest BCUT2D eigenvalue weighted by molar-refractivity contribution is -0.274. The fraction of sp³-hybridized carbons (Fsp3) is 0.357. The number of alkyl halides is 3. The second kappa shape index (κ2) is 5.99. The molecule has 2 heterocycles. The van der Waals surface area contributed by atoms with Gasteiger partial charge in [0.1, 0.15) is 24.3 Å². The normalized spacial score (nSPS) is 17.4. The smallest absolute Gasteiger partial charge is 0.462 e. The summed E-state index contributed by atoms with van der Waals surface area (Å²) in [5, 5.41) is 0. The third-order valence-corrected chi connectivity index (χ3v) is 3.20. The van der Waals surface area contributed by atoms with Crippen LogP contribution in [-0.2, 0) is 17.9 Å². The number of rotatable bonds is 4. The number of anilines is 1. The molecule has 0 spiro atoms. The Morgan fingerprint density at radius 3 is 2.74 bits per heavy atom. The van der Waals surface area contributed by atoms with Crippen molar-refractivity contribution in [1.82, 2.24) is 9.55 Å².